The Morgan fingerprint density at radius 2 is 1.88 bits per heavy atom. The van der Waals surface area contributed by atoms with Gasteiger partial charge in [-0.3, -0.25) is 9.59 Å². The molecule has 0 aliphatic carbocycles. The second-order valence-electron chi connectivity index (χ2n) is 8.02. The number of nitrogens with one attached hydrogen (secondary N) is 3. The number of fused-ring (bicyclic) bond motifs is 1. The van der Waals surface area contributed by atoms with E-state index in [2.05, 4.69) is 20.6 Å². The minimum Gasteiger partial charge on any atom is -0.467 e. The van der Waals surface area contributed by atoms with Crippen molar-refractivity contribution in [3.63, 3.8) is 0 Å². The van der Waals surface area contributed by atoms with E-state index in [1.54, 1.807) is 18.4 Å². The molecule has 2 aromatic carbocycles. The quantitative estimate of drug-likeness (QED) is 0.384. The second kappa shape index (κ2) is 9.51. The molecule has 0 saturated carbocycles. The zero-order valence-corrected chi connectivity index (χ0v) is 18.1. The SMILES string of the molecule is CC(C)C(=O)Nc1ccc(CCc2nc3ccc(C(=O)NCc4ccco4)cc3[nH]2)cc1. The molecule has 4 aromatic rings. The molecule has 3 N–H and O–H groups in total. The summed E-state index contributed by atoms with van der Waals surface area (Å²) in [7, 11) is 0. The molecule has 0 bridgehead atoms. The molecule has 0 unspecified atom stereocenters. The van der Waals surface area contributed by atoms with Crippen molar-refractivity contribution in [2.45, 2.75) is 33.2 Å². The Morgan fingerprint density at radius 1 is 1.06 bits per heavy atom. The Labute approximate surface area is 186 Å². The van der Waals surface area contributed by atoms with Crippen LogP contribution in [0.1, 0.15) is 41.4 Å². The van der Waals surface area contributed by atoms with Crippen molar-refractivity contribution in [3.05, 3.63) is 83.6 Å². The molecule has 2 amide bonds. The minimum absolute atomic E-state index is 0.00837. The molecule has 0 atom stereocenters. The highest BCUT2D eigenvalue weighted by Crippen LogP contribution is 2.17. The molecule has 0 saturated heterocycles. The van der Waals surface area contributed by atoms with Crippen LogP contribution in [0.3, 0.4) is 0 Å². The Hall–Kier alpha value is -3.87. The Morgan fingerprint density at radius 3 is 2.59 bits per heavy atom. The number of rotatable bonds is 8. The lowest BCUT2D eigenvalue weighted by Crippen LogP contribution is -2.22. The predicted molar refractivity (Wildman–Crippen MR) is 123 cm³/mol. The summed E-state index contributed by atoms with van der Waals surface area (Å²) in [6.45, 7) is 4.08. The van der Waals surface area contributed by atoms with Gasteiger partial charge in [0.15, 0.2) is 0 Å². The normalized spacial score (nSPS) is 11.1. The van der Waals surface area contributed by atoms with Crippen LogP contribution < -0.4 is 10.6 Å². The predicted octanol–water partition coefficient (Wildman–Crippen LogP) is 4.47. The van der Waals surface area contributed by atoms with Crippen molar-refractivity contribution in [3.8, 4) is 0 Å². The van der Waals surface area contributed by atoms with Crippen molar-refractivity contribution in [1.29, 1.82) is 0 Å². The first-order valence-electron chi connectivity index (χ1n) is 10.7. The molecule has 0 spiro atoms. The fourth-order valence-corrected chi connectivity index (χ4v) is 3.31. The smallest absolute Gasteiger partial charge is 0.251 e. The lowest BCUT2D eigenvalue weighted by molar-refractivity contribution is -0.118. The number of aromatic nitrogens is 2. The molecule has 4 rings (SSSR count). The average Bonchev–Trinajstić information content (AvgIpc) is 3.45. The highest BCUT2D eigenvalue weighted by atomic mass is 16.3. The number of amides is 2. The van der Waals surface area contributed by atoms with Crippen molar-refractivity contribution in [2.75, 3.05) is 5.32 Å². The summed E-state index contributed by atoms with van der Waals surface area (Å²) >= 11 is 0. The third-order valence-corrected chi connectivity index (χ3v) is 5.19. The van der Waals surface area contributed by atoms with Crippen LogP contribution in [0, 0.1) is 5.92 Å². The largest absolute Gasteiger partial charge is 0.467 e. The van der Waals surface area contributed by atoms with Crippen LogP contribution in [0.25, 0.3) is 11.0 Å². The van der Waals surface area contributed by atoms with E-state index >= 15 is 0 Å². The molecule has 0 aliphatic rings. The highest BCUT2D eigenvalue weighted by molar-refractivity contribution is 5.97. The topological polar surface area (TPSA) is 100 Å². The van der Waals surface area contributed by atoms with Crippen LogP contribution in [0.15, 0.2) is 65.3 Å². The van der Waals surface area contributed by atoms with Crippen molar-refractivity contribution >= 4 is 28.5 Å². The molecule has 7 heteroatoms. The second-order valence-corrected chi connectivity index (χ2v) is 8.02. The zero-order chi connectivity index (χ0) is 22.5. The van der Waals surface area contributed by atoms with Gasteiger partial charge in [0.2, 0.25) is 5.91 Å². The van der Waals surface area contributed by atoms with Gasteiger partial charge in [-0.1, -0.05) is 26.0 Å². The summed E-state index contributed by atoms with van der Waals surface area (Å²) in [5.74, 6) is 1.37. The van der Waals surface area contributed by atoms with E-state index in [-0.39, 0.29) is 17.7 Å². The van der Waals surface area contributed by atoms with Crippen LogP contribution in [0.2, 0.25) is 0 Å². The first-order chi connectivity index (χ1) is 15.5. The van der Waals surface area contributed by atoms with Crippen molar-refractivity contribution in [2.24, 2.45) is 5.92 Å². The maximum atomic E-state index is 12.4. The van der Waals surface area contributed by atoms with E-state index in [0.717, 1.165) is 41.0 Å². The van der Waals surface area contributed by atoms with E-state index in [4.69, 9.17) is 4.42 Å². The van der Waals surface area contributed by atoms with Gasteiger partial charge in [-0.2, -0.15) is 0 Å². The summed E-state index contributed by atoms with van der Waals surface area (Å²) in [4.78, 5) is 32.2. The van der Waals surface area contributed by atoms with Gasteiger partial charge in [-0.15, -0.1) is 0 Å². The number of furan rings is 1. The average molecular weight is 431 g/mol. The molecule has 2 aromatic heterocycles. The van der Waals surface area contributed by atoms with Crippen LogP contribution in [-0.4, -0.2) is 21.8 Å². The van der Waals surface area contributed by atoms with Gasteiger partial charge in [-0.25, -0.2) is 4.98 Å². The first-order valence-corrected chi connectivity index (χ1v) is 10.7. The van der Waals surface area contributed by atoms with Gasteiger partial charge in [0.25, 0.3) is 5.91 Å². The summed E-state index contributed by atoms with van der Waals surface area (Å²) in [5.41, 5.74) is 4.19. The van der Waals surface area contributed by atoms with Gasteiger partial charge in [0.05, 0.1) is 23.8 Å². The minimum atomic E-state index is -0.163. The number of imidazole rings is 1. The van der Waals surface area contributed by atoms with Gasteiger partial charge in [0, 0.05) is 23.6 Å². The van der Waals surface area contributed by atoms with Gasteiger partial charge in [-0.05, 0) is 54.4 Å². The fourth-order valence-electron chi connectivity index (χ4n) is 3.31. The molecule has 0 aliphatic heterocycles. The number of anilines is 1. The highest BCUT2D eigenvalue weighted by Gasteiger charge is 2.10. The van der Waals surface area contributed by atoms with E-state index in [1.165, 1.54) is 0 Å². The monoisotopic (exact) mass is 430 g/mol. The van der Waals surface area contributed by atoms with Crippen LogP contribution in [-0.2, 0) is 24.2 Å². The van der Waals surface area contributed by atoms with Crippen LogP contribution in [0.4, 0.5) is 5.69 Å². The number of carbonyl (C=O) groups is 2. The number of aromatic amines is 1. The molecule has 2 heterocycles. The van der Waals surface area contributed by atoms with E-state index in [0.29, 0.717) is 17.9 Å². The number of H-pyrrole nitrogens is 1. The number of aryl methyl sites for hydroxylation is 2. The van der Waals surface area contributed by atoms with E-state index in [9.17, 15) is 9.59 Å². The molecule has 0 fully saturated rings. The summed E-state index contributed by atoms with van der Waals surface area (Å²) < 4.78 is 5.24. The lowest BCUT2D eigenvalue weighted by atomic mass is 10.1. The standard InChI is InChI=1S/C25H26N4O3/c1-16(2)24(30)27-19-9-5-17(6-10-19)7-12-23-28-21-11-8-18(14-22(21)29-23)25(31)26-15-20-4-3-13-32-20/h3-6,8-11,13-14,16H,7,12,15H2,1-2H3,(H,26,31)(H,27,30)(H,28,29). The van der Waals surface area contributed by atoms with Crippen LogP contribution >= 0.6 is 0 Å². The number of hydrogen-bond acceptors (Lipinski definition) is 4. The van der Waals surface area contributed by atoms with Crippen molar-refractivity contribution < 1.29 is 14.0 Å². The zero-order valence-electron chi connectivity index (χ0n) is 18.1. The third-order valence-electron chi connectivity index (χ3n) is 5.19. The summed E-state index contributed by atoms with van der Waals surface area (Å²) in [6.07, 6.45) is 3.14. The van der Waals surface area contributed by atoms with Gasteiger partial charge >= 0.3 is 0 Å². The fraction of sp³-hybridized carbons (Fsp3) is 0.240. The number of carbonyl (C=O) groups excluding carboxylic acids is 2. The molecule has 164 valence electrons. The maximum Gasteiger partial charge on any atom is 0.251 e. The summed E-state index contributed by atoms with van der Waals surface area (Å²) in [5, 5.41) is 5.74. The molecule has 7 nitrogen and oxygen atoms in total. The van der Waals surface area contributed by atoms with Crippen molar-refractivity contribution in [1.82, 2.24) is 15.3 Å². The summed E-state index contributed by atoms with van der Waals surface area (Å²) in [6, 6.07) is 16.9. The van der Waals surface area contributed by atoms with Gasteiger partial charge in [0.1, 0.15) is 11.6 Å². The first kappa shape index (κ1) is 21.4. The molecule has 0 radical (unpaired) electrons. The maximum absolute atomic E-state index is 12.4. The molecular formula is C25H26N4O3. The van der Waals surface area contributed by atoms with Crippen LogP contribution in [0.5, 0.6) is 0 Å². The van der Waals surface area contributed by atoms with E-state index in [1.807, 2.05) is 56.3 Å². The number of nitrogens with zero attached hydrogens (tertiary/aromatic N) is 1. The molecular weight excluding hydrogens is 404 g/mol. The lowest BCUT2D eigenvalue weighted by Gasteiger charge is -2.08. The third kappa shape index (κ3) is 5.24. The van der Waals surface area contributed by atoms with Gasteiger partial charge < -0.3 is 20.0 Å². The number of benzene rings is 2. The Kier molecular flexibility index (Phi) is 6.35. The van der Waals surface area contributed by atoms with E-state index < -0.39 is 0 Å². The molecule has 32 heavy (non-hydrogen) atoms. The Balaban J connectivity index is 1.35. The Bertz CT molecular complexity index is 1210. The number of hydrogen-bond donors (Lipinski definition) is 3.